The molecule has 0 aliphatic heterocycles. The van der Waals surface area contributed by atoms with Crippen LogP contribution >= 0.6 is 0 Å². The number of carbonyl (C=O) groups is 1. The van der Waals surface area contributed by atoms with Crippen LogP contribution in [0, 0.1) is 0 Å². The van der Waals surface area contributed by atoms with E-state index in [4.69, 9.17) is 5.73 Å². The Morgan fingerprint density at radius 2 is 2.25 bits per heavy atom. The number of benzene rings is 1. The number of Topliss-reactive ketones (excluding diaryl/α,β-unsaturated/α-hetero) is 1. The van der Waals surface area contributed by atoms with Crippen LogP contribution in [0.3, 0.4) is 0 Å². The van der Waals surface area contributed by atoms with Crippen molar-refractivity contribution in [3.63, 3.8) is 0 Å². The SMILES string of the molecule is NCC(=O)c1cc(NS(=O)[O-])ccc1CF. The smallest absolute Gasteiger partial charge is 0.176 e. The first-order valence-corrected chi connectivity index (χ1v) is 5.44. The van der Waals surface area contributed by atoms with Gasteiger partial charge in [0.1, 0.15) is 6.67 Å². The van der Waals surface area contributed by atoms with Crippen LogP contribution in [0.25, 0.3) is 0 Å². The molecule has 1 rings (SSSR count). The molecule has 0 aliphatic rings. The van der Waals surface area contributed by atoms with Crippen LogP contribution in [0.15, 0.2) is 18.2 Å². The first-order valence-electron chi connectivity index (χ1n) is 4.36. The zero-order valence-corrected chi connectivity index (χ0v) is 9.05. The normalized spacial score (nSPS) is 12.2. The lowest BCUT2D eigenvalue weighted by Crippen LogP contribution is -2.16. The molecule has 0 heterocycles. The molecule has 1 aromatic rings. The minimum atomic E-state index is -2.48. The van der Waals surface area contributed by atoms with Gasteiger partial charge in [-0.15, -0.1) is 0 Å². The first-order chi connectivity index (χ1) is 7.58. The summed E-state index contributed by atoms with van der Waals surface area (Å²) in [7, 11) is 0. The van der Waals surface area contributed by atoms with Crippen molar-refractivity contribution in [1.82, 2.24) is 0 Å². The average Bonchev–Trinajstić information content (AvgIpc) is 2.27. The molecule has 3 N–H and O–H groups in total. The number of hydrogen-bond acceptors (Lipinski definition) is 4. The van der Waals surface area contributed by atoms with Gasteiger partial charge >= 0.3 is 0 Å². The van der Waals surface area contributed by atoms with Gasteiger partial charge in [-0.2, -0.15) is 0 Å². The Labute approximate surface area is 94.3 Å². The Bertz CT molecular complexity index is 425. The maximum Gasteiger partial charge on any atom is 0.176 e. The second-order valence-corrected chi connectivity index (χ2v) is 3.64. The van der Waals surface area contributed by atoms with Crippen molar-refractivity contribution < 1.29 is 17.9 Å². The van der Waals surface area contributed by atoms with Crippen LogP contribution in [0.5, 0.6) is 0 Å². The monoisotopic (exact) mass is 245 g/mol. The van der Waals surface area contributed by atoms with Gasteiger partial charge in [0.25, 0.3) is 0 Å². The highest BCUT2D eigenvalue weighted by molar-refractivity contribution is 7.80. The number of ketones is 1. The predicted octanol–water partition coefficient (Wildman–Crippen LogP) is 0.503. The van der Waals surface area contributed by atoms with Crippen LogP contribution in [-0.2, 0) is 17.9 Å². The number of rotatable bonds is 5. The van der Waals surface area contributed by atoms with Crippen LogP contribution in [0.2, 0.25) is 0 Å². The molecule has 1 aromatic carbocycles. The third kappa shape index (κ3) is 3.09. The van der Waals surface area contributed by atoms with Gasteiger partial charge in [0.05, 0.1) is 6.54 Å². The lowest BCUT2D eigenvalue weighted by atomic mass is 10.0. The molecule has 88 valence electrons. The minimum Gasteiger partial charge on any atom is -0.755 e. The molecule has 1 unspecified atom stereocenters. The van der Waals surface area contributed by atoms with Crippen LogP contribution < -0.4 is 10.5 Å². The van der Waals surface area contributed by atoms with Gasteiger partial charge in [-0.1, -0.05) is 6.07 Å². The number of carbonyl (C=O) groups excluding carboxylic acids is 1. The molecule has 0 bridgehead atoms. The minimum absolute atomic E-state index is 0.0976. The topological polar surface area (TPSA) is 95.2 Å². The molecule has 5 nitrogen and oxygen atoms in total. The molecule has 0 radical (unpaired) electrons. The summed E-state index contributed by atoms with van der Waals surface area (Å²) in [4.78, 5) is 11.4. The summed E-state index contributed by atoms with van der Waals surface area (Å²) in [5, 5.41) is 0. The summed E-state index contributed by atoms with van der Waals surface area (Å²) in [6.45, 7) is -1.06. The number of nitrogens with two attached hydrogens (primary N) is 1. The van der Waals surface area contributed by atoms with E-state index in [0.29, 0.717) is 0 Å². The second-order valence-electron chi connectivity index (χ2n) is 2.97. The molecule has 1 atom stereocenters. The summed E-state index contributed by atoms with van der Waals surface area (Å²) < 4.78 is 35.4. The maximum atomic E-state index is 12.5. The van der Waals surface area contributed by atoms with Gasteiger partial charge in [-0.3, -0.25) is 9.00 Å². The zero-order valence-electron chi connectivity index (χ0n) is 8.23. The Balaban J connectivity index is 3.10. The van der Waals surface area contributed by atoms with Crippen LogP contribution in [-0.4, -0.2) is 21.1 Å². The highest BCUT2D eigenvalue weighted by Gasteiger charge is 2.10. The number of anilines is 1. The Morgan fingerprint density at radius 3 is 2.75 bits per heavy atom. The lowest BCUT2D eigenvalue weighted by Gasteiger charge is -2.11. The van der Waals surface area contributed by atoms with Crippen molar-refractivity contribution in [3.05, 3.63) is 29.3 Å². The van der Waals surface area contributed by atoms with E-state index in [1.54, 1.807) is 0 Å². The Kier molecular flexibility index (Phi) is 4.53. The zero-order chi connectivity index (χ0) is 12.1. The predicted molar refractivity (Wildman–Crippen MR) is 57.2 cm³/mol. The van der Waals surface area contributed by atoms with E-state index < -0.39 is 23.7 Å². The number of hydrogen-bond donors (Lipinski definition) is 2. The van der Waals surface area contributed by atoms with Crippen molar-refractivity contribution in [2.45, 2.75) is 6.67 Å². The first kappa shape index (κ1) is 12.8. The molecule has 0 saturated carbocycles. The standard InChI is InChI=1S/C9H11FN2O3S/c10-4-6-1-2-7(12-16(14)15)3-8(6)9(13)5-11/h1-3,12H,4-5,11H2,(H,14,15)/p-1. The third-order valence-electron chi connectivity index (χ3n) is 1.94. The van der Waals surface area contributed by atoms with Crippen LogP contribution in [0.4, 0.5) is 10.1 Å². The van der Waals surface area contributed by atoms with Crippen molar-refractivity contribution in [1.29, 1.82) is 0 Å². The Hall–Kier alpha value is -1.31. The van der Waals surface area contributed by atoms with Crippen molar-refractivity contribution in [2.24, 2.45) is 5.73 Å². The quantitative estimate of drug-likeness (QED) is 0.583. The summed E-state index contributed by atoms with van der Waals surface area (Å²) in [5.41, 5.74) is 5.65. The molecule has 0 aliphatic carbocycles. The molecule has 16 heavy (non-hydrogen) atoms. The molecule has 0 fully saturated rings. The molecule has 0 spiro atoms. The summed E-state index contributed by atoms with van der Waals surface area (Å²) >= 11 is -2.48. The molecule has 0 saturated heterocycles. The molecular formula is C9H10FN2O3S-. The average molecular weight is 245 g/mol. The van der Waals surface area contributed by atoms with Gasteiger partial charge < -0.3 is 15.0 Å². The highest BCUT2D eigenvalue weighted by atomic mass is 32.2. The largest absolute Gasteiger partial charge is 0.755 e. The molecule has 7 heteroatoms. The van der Waals surface area contributed by atoms with Crippen molar-refractivity contribution >= 4 is 22.7 Å². The van der Waals surface area contributed by atoms with Crippen molar-refractivity contribution in [2.75, 3.05) is 11.3 Å². The van der Waals surface area contributed by atoms with E-state index in [2.05, 4.69) is 4.72 Å². The fraction of sp³-hybridized carbons (Fsp3) is 0.222. The van der Waals surface area contributed by atoms with Crippen LogP contribution in [0.1, 0.15) is 15.9 Å². The van der Waals surface area contributed by atoms with E-state index in [0.717, 1.165) is 0 Å². The Morgan fingerprint density at radius 1 is 1.56 bits per heavy atom. The van der Waals surface area contributed by atoms with E-state index in [9.17, 15) is 17.9 Å². The molecular weight excluding hydrogens is 235 g/mol. The van der Waals surface area contributed by atoms with Gasteiger partial charge in [0.2, 0.25) is 0 Å². The lowest BCUT2D eigenvalue weighted by molar-refractivity contribution is 0.0999. The maximum absolute atomic E-state index is 12.5. The summed E-state index contributed by atoms with van der Waals surface area (Å²) in [6.07, 6.45) is 0. The van der Waals surface area contributed by atoms with Gasteiger partial charge in [0, 0.05) is 22.5 Å². The fourth-order valence-electron chi connectivity index (χ4n) is 1.22. The second kappa shape index (κ2) is 5.69. The number of alkyl halides is 1. The molecule has 0 aromatic heterocycles. The molecule has 0 amide bonds. The third-order valence-corrected chi connectivity index (χ3v) is 2.34. The summed E-state index contributed by atoms with van der Waals surface area (Å²) in [5.74, 6) is -0.437. The van der Waals surface area contributed by atoms with E-state index in [-0.39, 0.29) is 23.4 Å². The fourth-order valence-corrected chi connectivity index (χ4v) is 1.54. The van der Waals surface area contributed by atoms with Gasteiger partial charge in [-0.05, 0) is 17.7 Å². The van der Waals surface area contributed by atoms with E-state index in [1.807, 2.05) is 0 Å². The summed E-state index contributed by atoms with van der Waals surface area (Å²) in [6, 6.07) is 3.98. The van der Waals surface area contributed by atoms with Crippen molar-refractivity contribution in [3.8, 4) is 0 Å². The number of halogens is 1. The van der Waals surface area contributed by atoms with Gasteiger partial charge in [0.15, 0.2) is 5.78 Å². The highest BCUT2D eigenvalue weighted by Crippen LogP contribution is 2.17. The van der Waals surface area contributed by atoms with Gasteiger partial charge in [-0.25, -0.2) is 4.39 Å². The van der Waals surface area contributed by atoms with E-state index >= 15 is 0 Å². The van der Waals surface area contributed by atoms with E-state index in [1.165, 1.54) is 18.2 Å². The number of nitrogens with one attached hydrogen (secondary N) is 1.